The topological polar surface area (TPSA) is 12.0 Å². The van der Waals surface area contributed by atoms with Gasteiger partial charge in [0.05, 0.1) is 11.6 Å². The van der Waals surface area contributed by atoms with Gasteiger partial charge in [0, 0.05) is 4.88 Å². The van der Waals surface area contributed by atoms with Gasteiger partial charge in [-0.15, -0.1) is 11.3 Å². The molecule has 0 radical (unpaired) electrons. The van der Waals surface area contributed by atoms with Gasteiger partial charge in [0.15, 0.2) is 0 Å². The first-order valence-electron chi connectivity index (χ1n) is 6.87. The van der Waals surface area contributed by atoms with Gasteiger partial charge < -0.3 is 5.32 Å². The minimum atomic E-state index is -4.29. The van der Waals surface area contributed by atoms with Crippen molar-refractivity contribution in [2.24, 2.45) is 0 Å². The van der Waals surface area contributed by atoms with E-state index >= 15 is 0 Å². The zero-order valence-corrected chi connectivity index (χ0v) is 12.8. The Morgan fingerprint density at radius 1 is 1.14 bits per heavy atom. The van der Waals surface area contributed by atoms with Crippen LogP contribution < -0.4 is 5.32 Å². The summed E-state index contributed by atoms with van der Waals surface area (Å²) in [5.74, 6) is 0. The van der Waals surface area contributed by atoms with Crippen LogP contribution in [0.5, 0.6) is 0 Å². The fraction of sp³-hybridized carbons (Fsp3) is 0.375. The average Bonchev–Trinajstić information content (AvgIpc) is 2.85. The van der Waals surface area contributed by atoms with Crippen molar-refractivity contribution < 1.29 is 13.2 Å². The maximum atomic E-state index is 12.6. The summed E-state index contributed by atoms with van der Waals surface area (Å²) in [5.41, 5.74) is 1.35. The van der Waals surface area contributed by atoms with Crippen LogP contribution in [0.15, 0.2) is 35.7 Å². The monoisotopic (exact) mass is 313 g/mol. The van der Waals surface area contributed by atoms with Gasteiger partial charge in [0.25, 0.3) is 0 Å². The Hall–Kier alpha value is -1.33. The van der Waals surface area contributed by atoms with Crippen LogP contribution in [0.4, 0.5) is 13.2 Å². The highest BCUT2D eigenvalue weighted by molar-refractivity contribution is 7.10. The third kappa shape index (κ3) is 4.08. The molecular formula is C16H18F3NS. The molecule has 2 rings (SSSR count). The van der Waals surface area contributed by atoms with Crippen molar-refractivity contribution in [2.75, 3.05) is 6.54 Å². The number of thiophene rings is 1. The van der Waals surface area contributed by atoms with E-state index in [-0.39, 0.29) is 6.04 Å². The fourth-order valence-electron chi connectivity index (χ4n) is 2.20. The molecule has 0 amide bonds. The van der Waals surface area contributed by atoms with E-state index in [0.717, 1.165) is 36.2 Å². The number of benzene rings is 1. The van der Waals surface area contributed by atoms with Gasteiger partial charge in [-0.05, 0) is 54.6 Å². The molecular weight excluding hydrogens is 295 g/mol. The Labute approximate surface area is 126 Å². The van der Waals surface area contributed by atoms with Crippen LogP contribution in [-0.2, 0) is 6.18 Å². The molecule has 2 aromatic rings. The van der Waals surface area contributed by atoms with E-state index in [1.807, 2.05) is 6.92 Å². The smallest absolute Gasteiger partial charge is 0.306 e. The van der Waals surface area contributed by atoms with Crippen molar-refractivity contribution in [1.82, 2.24) is 5.32 Å². The third-order valence-corrected chi connectivity index (χ3v) is 4.13. The molecule has 1 aromatic heterocycles. The minimum Gasteiger partial charge on any atom is -0.306 e. The summed E-state index contributed by atoms with van der Waals surface area (Å²) in [7, 11) is 0. The first kappa shape index (κ1) is 16.0. The maximum absolute atomic E-state index is 12.6. The van der Waals surface area contributed by atoms with Crippen LogP contribution in [0.1, 0.15) is 41.0 Å². The van der Waals surface area contributed by atoms with Crippen LogP contribution >= 0.6 is 11.3 Å². The lowest BCUT2D eigenvalue weighted by Gasteiger charge is -2.19. The van der Waals surface area contributed by atoms with Gasteiger partial charge in [-0.25, -0.2) is 0 Å². The van der Waals surface area contributed by atoms with E-state index in [0.29, 0.717) is 0 Å². The number of nitrogens with one attached hydrogen (secondary N) is 1. The van der Waals surface area contributed by atoms with Crippen LogP contribution in [0.3, 0.4) is 0 Å². The molecule has 0 aliphatic heterocycles. The van der Waals surface area contributed by atoms with Crippen molar-refractivity contribution in [1.29, 1.82) is 0 Å². The van der Waals surface area contributed by atoms with Crippen LogP contribution in [0.25, 0.3) is 0 Å². The lowest BCUT2D eigenvalue weighted by Crippen LogP contribution is -2.22. The number of hydrogen-bond acceptors (Lipinski definition) is 2. The molecule has 1 atom stereocenters. The zero-order chi connectivity index (χ0) is 15.5. The molecule has 0 saturated carbocycles. The Morgan fingerprint density at radius 2 is 1.81 bits per heavy atom. The molecule has 0 saturated heterocycles. The van der Waals surface area contributed by atoms with Gasteiger partial charge >= 0.3 is 6.18 Å². The summed E-state index contributed by atoms with van der Waals surface area (Å²) in [6.45, 7) is 4.91. The van der Waals surface area contributed by atoms with E-state index < -0.39 is 11.7 Å². The second-order valence-electron chi connectivity index (χ2n) is 5.00. The normalized spacial score (nSPS) is 13.4. The quantitative estimate of drug-likeness (QED) is 0.803. The van der Waals surface area contributed by atoms with Gasteiger partial charge in [-0.1, -0.05) is 19.1 Å². The van der Waals surface area contributed by atoms with E-state index in [1.165, 1.54) is 4.88 Å². The molecule has 0 bridgehead atoms. The molecule has 1 N–H and O–H groups in total. The number of rotatable bonds is 5. The molecule has 1 nitrogen and oxygen atoms in total. The van der Waals surface area contributed by atoms with Gasteiger partial charge in [0.2, 0.25) is 0 Å². The molecule has 1 aromatic carbocycles. The Morgan fingerprint density at radius 3 is 2.29 bits per heavy atom. The predicted octanol–water partition coefficient (Wildman–Crippen LogP) is 5.16. The molecule has 0 fully saturated rings. The van der Waals surface area contributed by atoms with Crippen molar-refractivity contribution in [3.05, 3.63) is 57.3 Å². The first-order chi connectivity index (χ1) is 9.91. The van der Waals surface area contributed by atoms with Crippen molar-refractivity contribution in [3.8, 4) is 0 Å². The highest BCUT2D eigenvalue weighted by Crippen LogP contribution is 2.32. The van der Waals surface area contributed by atoms with Crippen LogP contribution in [0, 0.1) is 6.92 Å². The van der Waals surface area contributed by atoms with E-state index in [9.17, 15) is 13.2 Å². The van der Waals surface area contributed by atoms with E-state index in [1.54, 1.807) is 23.5 Å². The number of hydrogen-bond donors (Lipinski definition) is 1. The summed E-state index contributed by atoms with van der Waals surface area (Å²) in [6.07, 6.45) is -3.32. The highest BCUT2D eigenvalue weighted by atomic mass is 32.1. The molecule has 0 spiro atoms. The summed E-state index contributed by atoms with van der Waals surface area (Å²) >= 11 is 1.65. The Kier molecular flexibility index (Phi) is 5.06. The standard InChI is InChI=1S/C16H18F3NS/c1-3-8-20-15(13-9-11(2)21-10-13)12-4-6-14(7-5-12)16(17,18)19/h4-7,9-10,15,20H,3,8H2,1-2H3. The third-order valence-electron chi connectivity index (χ3n) is 3.25. The van der Waals surface area contributed by atoms with Crippen molar-refractivity contribution in [2.45, 2.75) is 32.5 Å². The fourth-order valence-corrected chi connectivity index (χ4v) is 2.93. The summed E-state index contributed by atoms with van der Waals surface area (Å²) in [4.78, 5) is 1.19. The number of aryl methyl sites for hydroxylation is 1. The second kappa shape index (κ2) is 6.62. The molecule has 21 heavy (non-hydrogen) atoms. The lowest BCUT2D eigenvalue weighted by molar-refractivity contribution is -0.137. The Balaban J connectivity index is 2.28. The average molecular weight is 313 g/mol. The summed E-state index contributed by atoms with van der Waals surface area (Å²) in [6, 6.07) is 7.43. The van der Waals surface area contributed by atoms with Crippen molar-refractivity contribution in [3.63, 3.8) is 0 Å². The maximum Gasteiger partial charge on any atom is 0.416 e. The molecule has 114 valence electrons. The molecule has 1 heterocycles. The SMILES string of the molecule is CCCNC(c1ccc(C(F)(F)F)cc1)c1csc(C)c1. The van der Waals surface area contributed by atoms with Gasteiger partial charge in [0.1, 0.15) is 0 Å². The Bertz CT molecular complexity index is 572. The number of halogens is 3. The minimum absolute atomic E-state index is 0.0582. The molecule has 0 aliphatic carbocycles. The van der Waals surface area contributed by atoms with Gasteiger partial charge in [-0.2, -0.15) is 13.2 Å². The van der Waals surface area contributed by atoms with E-state index in [2.05, 4.69) is 23.7 Å². The molecule has 0 aliphatic rings. The molecule has 5 heteroatoms. The van der Waals surface area contributed by atoms with Crippen LogP contribution in [0.2, 0.25) is 0 Å². The first-order valence-corrected chi connectivity index (χ1v) is 7.75. The lowest BCUT2D eigenvalue weighted by atomic mass is 9.99. The zero-order valence-electron chi connectivity index (χ0n) is 12.0. The van der Waals surface area contributed by atoms with Gasteiger partial charge in [-0.3, -0.25) is 0 Å². The summed E-state index contributed by atoms with van der Waals surface area (Å²) < 4.78 is 37.9. The highest BCUT2D eigenvalue weighted by Gasteiger charge is 2.30. The van der Waals surface area contributed by atoms with Crippen molar-refractivity contribution >= 4 is 11.3 Å². The number of alkyl halides is 3. The predicted molar refractivity (Wildman–Crippen MR) is 80.6 cm³/mol. The second-order valence-corrected chi connectivity index (χ2v) is 6.11. The largest absolute Gasteiger partial charge is 0.416 e. The van der Waals surface area contributed by atoms with Crippen LogP contribution in [-0.4, -0.2) is 6.54 Å². The summed E-state index contributed by atoms with van der Waals surface area (Å²) in [5, 5.41) is 5.45. The molecule has 1 unspecified atom stereocenters. The van der Waals surface area contributed by atoms with E-state index in [4.69, 9.17) is 0 Å².